The molecule has 0 unspecified atom stereocenters. The van der Waals surface area contributed by atoms with E-state index in [9.17, 15) is 9.59 Å². The van der Waals surface area contributed by atoms with E-state index in [1.807, 2.05) is 0 Å². The van der Waals surface area contributed by atoms with E-state index in [0.29, 0.717) is 26.6 Å². The zero-order valence-corrected chi connectivity index (χ0v) is 15.1. The molecule has 0 bridgehead atoms. The van der Waals surface area contributed by atoms with Gasteiger partial charge in [0.2, 0.25) is 0 Å². The minimum Gasteiger partial charge on any atom is -0.497 e. The van der Waals surface area contributed by atoms with Gasteiger partial charge in [0.25, 0.3) is 0 Å². The van der Waals surface area contributed by atoms with Crippen molar-refractivity contribution in [1.29, 1.82) is 0 Å². The monoisotopic (exact) mass is 412 g/mol. The SMILES string of the molecule is COc1cccc(C(=O)COC(=O)COc2ccc(Cl)cc2Br)c1. The summed E-state index contributed by atoms with van der Waals surface area (Å²) in [5.41, 5.74) is 0.406. The first kappa shape index (κ1) is 18.3. The molecular formula is C17H14BrClO5. The molecule has 2 aromatic rings. The minimum absolute atomic E-state index is 0.314. The summed E-state index contributed by atoms with van der Waals surface area (Å²) in [5, 5.41) is 0.542. The van der Waals surface area contributed by atoms with E-state index in [2.05, 4.69) is 15.9 Å². The Hall–Kier alpha value is -2.05. The van der Waals surface area contributed by atoms with E-state index in [1.165, 1.54) is 7.11 Å². The van der Waals surface area contributed by atoms with Gasteiger partial charge in [0.15, 0.2) is 19.0 Å². The minimum atomic E-state index is -0.645. The van der Waals surface area contributed by atoms with E-state index in [0.717, 1.165) is 0 Å². The number of carbonyl (C=O) groups excluding carboxylic acids is 2. The first-order chi connectivity index (χ1) is 11.5. The maximum absolute atomic E-state index is 12.0. The van der Waals surface area contributed by atoms with Crippen molar-refractivity contribution in [3.8, 4) is 11.5 Å². The van der Waals surface area contributed by atoms with Crippen molar-refractivity contribution in [2.45, 2.75) is 0 Å². The quantitative estimate of drug-likeness (QED) is 0.509. The van der Waals surface area contributed by atoms with E-state index >= 15 is 0 Å². The Kier molecular flexibility index (Phi) is 6.63. The second-order valence-corrected chi connectivity index (χ2v) is 5.97. The third-order valence-corrected chi connectivity index (χ3v) is 3.85. The van der Waals surface area contributed by atoms with Gasteiger partial charge in [-0.1, -0.05) is 23.7 Å². The van der Waals surface area contributed by atoms with Crippen molar-refractivity contribution < 1.29 is 23.8 Å². The van der Waals surface area contributed by atoms with Gasteiger partial charge in [-0.15, -0.1) is 0 Å². The summed E-state index contributed by atoms with van der Waals surface area (Å²) in [7, 11) is 1.51. The summed E-state index contributed by atoms with van der Waals surface area (Å²) < 4.78 is 15.9. The summed E-state index contributed by atoms with van der Waals surface area (Å²) in [6.45, 7) is -0.678. The molecule has 2 aromatic carbocycles. The number of hydrogen-bond donors (Lipinski definition) is 0. The van der Waals surface area contributed by atoms with Crippen LogP contribution in [0.4, 0.5) is 0 Å². The van der Waals surface area contributed by atoms with Crippen molar-refractivity contribution in [2.24, 2.45) is 0 Å². The predicted octanol–water partition coefficient (Wildman–Crippen LogP) is 3.92. The Morgan fingerprint density at radius 3 is 2.62 bits per heavy atom. The first-order valence-corrected chi connectivity index (χ1v) is 8.07. The van der Waals surface area contributed by atoms with E-state index in [4.69, 9.17) is 25.8 Å². The number of benzene rings is 2. The van der Waals surface area contributed by atoms with Crippen LogP contribution in [0.5, 0.6) is 11.5 Å². The maximum Gasteiger partial charge on any atom is 0.344 e. The van der Waals surface area contributed by atoms with Crippen LogP contribution < -0.4 is 9.47 Å². The second kappa shape index (κ2) is 8.70. The van der Waals surface area contributed by atoms with Gasteiger partial charge in [0.05, 0.1) is 11.6 Å². The molecule has 0 fully saturated rings. The molecule has 2 rings (SSSR count). The van der Waals surface area contributed by atoms with Crippen LogP contribution in [0.25, 0.3) is 0 Å². The molecule has 0 aliphatic carbocycles. The average molecular weight is 414 g/mol. The molecule has 0 N–H and O–H groups in total. The lowest BCUT2D eigenvalue weighted by molar-refractivity contribution is -0.144. The zero-order chi connectivity index (χ0) is 17.5. The molecule has 126 valence electrons. The van der Waals surface area contributed by atoms with Gasteiger partial charge in [0.1, 0.15) is 11.5 Å². The normalized spacial score (nSPS) is 10.1. The predicted molar refractivity (Wildman–Crippen MR) is 92.9 cm³/mol. The van der Waals surface area contributed by atoms with Gasteiger partial charge in [-0.3, -0.25) is 4.79 Å². The molecule has 7 heteroatoms. The van der Waals surface area contributed by atoms with E-state index in [1.54, 1.807) is 42.5 Å². The van der Waals surface area contributed by atoms with Gasteiger partial charge in [0, 0.05) is 10.6 Å². The van der Waals surface area contributed by atoms with Crippen molar-refractivity contribution in [1.82, 2.24) is 0 Å². The number of hydrogen-bond acceptors (Lipinski definition) is 5. The Morgan fingerprint density at radius 2 is 1.92 bits per heavy atom. The van der Waals surface area contributed by atoms with Crippen molar-refractivity contribution in [2.75, 3.05) is 20.3 Å². The van der Waals surface area contributed by atoms with Crippen LogP contribution in [0, 0.1) is 0 Å². The molecule has 0 aliphatic heterocycles. The molecule has 0 spiro atoms. The highest BCUT2D eigenvalue weighted by Crippen LogP contribution is 2.27. The third-order valence-electron chi connectivity index (χ3n) is 3.00. The Balaban J connectivity index is 1.83. The van der Waals surface area contributed by atoms with Gasteiger partial charge in [-0.25, -0.2) is 4.79 Å². The zero-order valence-electron chi connectivity index (χ0n) is 12.8. The van der Waals surface area contributed by atoms with Crippen LogP contribution in [0.3, 0.4) is 0 Å². The number of rotatable bonds is 7. The van der Waals surface area contributed by atoms with Gasteiger partial charge >= 0.3 is 5.97 Å². The lowest BCUT2D eigenvalue weighted by Gasteiger charge is -2.09. The van der Waals surface area contributed by atoms with Crippen LogP contribution in [0.15, 0.2) is 46.9 Å². The molecule has 0 aliphatic rings. The fourth-order valence-corrected chi connectivity index (χ4v) is 2.59. The van der Waals surface area contributed by atoms with Crippen LogP contribution in [0.1, 0.15) is 10.4 Å². The van der Waals surface area contributed by atoms with Crippen LogP contribution in [0.2, 0.25) is 5.02 Å². The number of Topliss-reactive ketones (excluding diaryl/α,β-unsaturated/α-hetero) is 1. The second-order valence-electron chi connectivity index (χ2n) is 4.68. The molecule has 0 heterocycles. The number of methoxy groups -OCH3 is 1. The van der Waals surface area contributed by atoms with Crippen LogP contribution in [-0.2, 0) is 9.53 Å². The van der Waals surface area contributed by atoms with Crippen molar-refractivity contribution in [3.63, 3.8) is 0 Å². The fourth-order valence-electron chi connectivity index (χ4n) is 1.80. The van der Waals surface area contributed by atoms with Crippen molar-refractivity contribution in [3.05, 3.63) is 57.5 Å². The van der Waals surface area contributed by atoms with Gasteiger partial charge in [-0.05, 0) is 46.3 Å². The van der Waals surface area contributed by atoms with Crippen LogP contribution >= 0.6 is 27.5 Å². The van der Waals surface area contributed by atoms with Crippen LogP contribution in [-0.4, -0.2) is 32.1 Å². The number of ether oxygens (including phenoxy) is 3. The lowest BCUT2D eigenvalue weighted by Crippen LogP contribution is -2.19. The topological polar surface area (TPSA) is 61.8 Å². The first-order valence-electron chi connectivity index (χ1n) is 6.90. The highest BCUT2D eigenvalue weighted by Gasteiger charge is 2.12. The number of halogens is 2. The maximum atomic E-state index is 12.0. The highest BCUT2D eigenvalue weighted by molar-refractivity contribution is 9.10. The highest BCUT2D eigenvalue weighted by atomic mass is 79.9. The smallest absolute Gasteiger partial charge is 0.344 e. The molecule has 0 saturated heterocycles. The van der Waals surface area contributed by atoms with Gasteiger partial charge in [-0.2, -0.15) is 0 Å². The molecule has 0 atom stereocenters. The molecule has 0 amide bonds. The fraction of sp³-hybridized carbons (Fsp3) is 0.176. The standard InChI is InChI=1S/C17H14BrClO5/c1-22-13-4-2-3-11(7-13)15(20)9-24-17(21)10-23-16-6-5-12(19)8-14(16)18/h2-8H,9-10H2,1H3. The summed E-state index contributed by atoms with van der Waals surface area (Å²) in [5.74, 6) is 0.0431. The number of esters is 1. The van der Waals surface area contributed by atoms with E-state index < -0.39 is 5.97 Å². The lowest BCUT2D eigenvalue weighted by atomic mass is 10.1. The molecule has 0 saturated carbocycles. The summed E-state index contributed by atoms with van der Waals surface area (Å²) in [6.07, 6.45) is 0. The Bertz CT molecular complexity index is 748. The molecule has 5 nitrogen and oxygen atoms in total. The van der Waals surface area contributed by atoms with Crippen molar-refractivity contribution >= 4 is 39.3 Å². The Morgan fingerprint density at radius 1 is 1.12 bits per heavy atom. The molecule has 24 heavy (non-hydrogen) atoms. The third kappa shape index (κ3) is 5.25. The summed E-state index contributed by atoms with van der Waals surface area (Å²) in [6, 6.07) is 11.5. The van der Waals surface area contributed by atoms with E-state index in [-0.39, 0.29) is 19.0 Å². The largest absolute Gasteiger partial charge is 0.497 e. The van der Waals surface area contributed by atoms with Gasteiger partial charge < -0.3 is 14.2 Å². The Labute approximate surface area is 152 Å². The number of carbonyl (C=O) groups is 2. The molecule has 0 aromatic heterocycles. The number of ketones is 1. The molecule has 0 radical (unpaired) electrons. The summed E-state index contributed by atoms with van der Waals surface area (Å²) >= 11 is 9.10. The summed E-state index contributed by atoms with van der Waals surface area (Å²) in [4.78, 5) is 23.7. The molecular weight excluding hydrogens is 400 g/mol. The average Bonchev–Trinajstić information content (AvgIpc) is 2.59.